The molecule has 0 amide bonds. The highest BCUT2D eigenvalue weighted by Gasteiger charge is 2.23. The number of carbonyl (C=O) groups is 1. The average Bonchev–Trinajstić information content (AvgIpc) is 2.65. The van der Waals surface area contributed by atoms with Crippen LogP contribution in [-0.4, -0.2) is 48.1 Å². The molecule has 0 bridgehead atoms. The zero-order valence-electron chi connectivity index (χ0n) is 15.4. The van der Waals surface area contributed by atoms with Gasteiger partial charge in [-0.15, -0.1) is 0 Å². The molecule has 2 fully saturated rings. The van der Waals surface area contributed by atoms with Crippen LogP contribution in [0.5, 0.6) is 0 Å². The summed E-state index contributed by atoms with van der Waals surface area (Å²) in [5.41, 5.74) is 0.509. The number of pyridine rings is 1. The lowest BCUT2D eigenvalue weighted by Gasteiger charge is -2.35. The van der Waals surface area contributed by atoms with Crippen molar-refractivity contribution in [2.45, 2.75) is 57.9 Å². The van der Waals surface area contributed by atoms with Gasteiger partial charge in [-0.05, 0) is 50.7 Å². The molecule has 1 saturated heterocycles. The Kier molecular flexibility index (Phi) is 6.68. The van der Waals surface area contributed by atoms with E-state index < -0.39 is 0 Å². The number of esters is 1. The van der Waals surface area contributed by atoms with Crippen molar-refractivity contribution in [2.24, 2.45) is 5.92 Å². The third-order valence-corrected chi connectivity index (χ3v) is 5.46. The van der Waals surface area contributed by atoms with Gasteiger partial charge in [-0.1, -0.05) is 19.3 Å². The number of aromatic nitrogens is 1. The summed E-state index contributed by atoms with van der Waals surface area (Å²) in [6.45, 7) is 5.84. The highest BCUT2D eigenvalue weighted by atomic mass is 16.5. The average molecular weight is 345 g/mol. The molecule has 5 nitrogen and oxygen atoms in total. The van der Waals surface area contributed by atoms with Gasteiger partial charge in [0.05, 0.1) is 12.2 Å². The number of ether oxygens (including phenoxy) is 1. The van der Waals surface area contributed by atoms with Gasteiger partial charge in [-0.25, -0.2) is 9.78 Å². The summed E-state index contributed by atoms with van der Waals surface area (Å²) in [5, 5.41) is 3.51. The van der Waals surface area contributed by atoms with E-state index in [0.29, 0.717) is 18.2 Å². The van der Waals surface area contributed by atoms with E-state index in [2.05, 4.69) is 15.2 Å². The maximum Gasteiger partial charge on any atom is 0.339 e. The molecule has 0 aromatic carbocycles. The Balaban J connectivity index is 1.41. The maximum absolute atomic E-state index is 11.7. The predicted octanol–water partition coefficient (Wildman–Crippen LogP) is 3.71. The first-order valence-corrected chi connectivity index (χ1v) is 9.86. The lowest BCUT2D eigenvalue weighted by molar-refractivity contribution is 0.0526. The topological polar surface area (TPSA) is 54.5 Å². The Morgan fingerprint density at radius 3 is 2.60 bits per heavy atom. The van der Waals surface area contributed by atoms with Gasteiger partial charge in [0.1, 0.15) is 5.82 Å². The smallest absolute Gasteiger partial charge is 0.339 e. The maximum atomic E-state index is 11.7. The third-order valence-electron chi connectivity index (χ3n) is 5.46. The molecule has 2 heterocycles. The fourth-order valence-electron chi connectivity index (χ4n) is 4.02. The van der Waals surface area contributed by atoms with Gasteiger partial charge in [-0.2, -0.15) is 0 Å². The summed E-state index contributed by atoms with van der Waals surface area (Å²) in [7, 11) is 0. The zero-order chi connectivity index (χ0) is 17.5. The van der Waals surface area contributed by atoms with Gasteiger partial charge in [0, 0.05) is 31.9 Å². The van der Waals surface area contributed by atoms with Crippen LogP contribution in [-0.2, 0) is 4.74 Å². The number of anilines is 1. The largest absolute Gasteiger partial charge is 0.462 e. The van der Waals surface area contributed by atoms with E-state index in [1.54, 1.807) is 12.3 Å². The van der Waals surface area contributed by atoms with Crippen LogP contribution >= 0.6 is 0 Å². The SMILES string of the molecule is CCOC(=O)c1ccc(NC2CCN(CC3CCCCC3)CC2)nc1. The van der Waals surface area contributed by atoms with E-state index in [1.807, 2.05) is 13.0 Å². The first-order chi connectivity index (χ1) is 12.2. The Morgan fingerprint density at radius 1 is 1.20 bits per heavy atom. The van der Waals surface area contributed by atoms with Crippen molar-refractivity contribution < 1.29 is 9.53 Å². The molecule has 1 saturated carbocycles. The molecule has 0 spiro atoms. The molecule has 1 aromatic heterocycles. The van der Waals surface area contributed by atoms with Gasteiger partial charge in [0.25, 0.3) is 0 Å². The van der Waals surface area contributed by atoms with Crippen LogP contribution in [0.2, 0.25) is 0 Å². The van der Waals surface area contributed by atoms with Crippen molar-refractivity contribution in [1.82, 2.24) is 9.88 Å². The molecular formula is C20H31N3O2. The summed E-state index contributed by atoms with van der Waals surface area (Å²) < 4.78 is 4.99. The minimum atomic E-state index is -0.308. The Bertz CT molecular complexity index is 532. The van der Waals surface area contributed by atoms with Gasteiger partial charge >= 0.3 is 5.97 Å². The second-order valence-corrected chi connectivity index (χ2v) is 7.38. The number of hydrogen-bond donors (Lipinski definition) is 1. The molecular weight excluding hydrogens is 314 g/mol. The highest BCUT2D eigenvalue weighted by molar-refractivity contribution is 5.89. The summed E-state index contributed by atoms with van der Waals surface area (Å²) >= 11 is 0. The Labute approximate surface area is 151 Å². The molecule has 1 aromatic rings. The number of piperidine rings is 1. The van der Waals surface area contributed by atoms with Crippen LogP contribution in [0.25, 0.3) is 0 Å². The number of nitrogens with zero attached hydrogens (tertiary/aromatic N) is 2. The zero-order valence-corrected chi connectivity index (χ0v) is 15.4. The van der Waals surface area contributed by atoms with Crippen LogP contribution in [0.4, 0.5) is 5.82 Å². The number of nitrogens with one attached hydrogen (secondary N) is 1. The predicted molar refractivity (Wildman–Crippen MR) is 99.9 cm³/mol. The van der Waals surface area contributed by atoms with Crippen molar-refractivity contribution in [1.29, 1.82) is 0 Å². The van der Waals surface area contributed by atoms with Crippen LogP contribution in [0.1, 0.15) is 62.2 Å². The first kappa shape index (κ1) is 18.2. The molecule has 1 aliphatic heterocycles. The van der Waals surface area contributed by atoms with E-state index in [4.69, 9.17) is 4.74 Å². The molecule has 1 aliphatic carbocycles. The molecule has 0 radical (unpaired) electrons. The molecule has 3 rings (SSSR count). The third kappa shape index (κ3) is 5.43. The Hall–Kier alpha value is -1.62. The molecule has 25 heavy (non-hydrogen) atoms. The van der Waals surface area contributed by atoms with Crippen LogP contribution < -0.4 is 5.32 Å². The van der Waals surface area contributed by atoms with Crippen LogP contribution in [0.3, 0.4) is 0 Å². The van der Waals surface area contributed by atoms with Crippen molar-refractivity contribution in [2.75, 3.05) is 31.6 Å². The summed E-state index contributed by atoms with van der Waals surface area (Å²) in [6, 6.07) is 4.13. The Morgan fingerprint density at radius 2 is 1.96 bits per heavy atom. The number of hydrogen-bond acceptors (Lipinski definition) is 5. The summed E-state index contributed by atoms with van der Waals surface area (Å²) in [4.78, 5) is 18.7. The minimum Gasteiger partial charge on any atom is -0.462 e. The molecule has 138 valence electrons. The monoisotopic (exact) mass is 345 g/mol. The number of rotatable bonds is 6. The number of carbonyl (C=O) groups excluding carboxylic acids is 1. The first-order valence-electron chi connectivity index (χ1n) is 9.86. The van der Waals surface area contributed by atoms with Crippen LogP contribution in [0.15, 0.2) is 18.3 Å². The fraction of sp³-hybridized carbons (Fsp3) is 0.700. The van der Waals surface area contributed by atoms with Crippen molar-refractivity contribution in [3.8, 4) is 0 Å². The van der Waals surface area contributed by atoms with E-state index >= 15 is 0 Å². The van der Waals surface area contributed by atoms with Gasteiger partial charge < -0.3 is 15.0 Å². The van der Waals surface area contributed by atoms with E-state index in [0.717, 1.165) is 24.6 Å². The normalized spacial score (nSPS) is 20.4. The lowest BCUT2D eigenvalue weighted by atomic mass is 9.88. The second-order valence-electron chi connectivity index (χ2n) is 7.38. The standard InChI is InChI=1S/C20H31N3O2/c1-2-25-20(24)17-8-9-19(21-14-17)22-18-10-12-23(13-11-18)15-16-6-4-3-5-7-16/h8-9,14,16,18H,2-7,10-13,15H2,1H3,(H,21,22). The number of likely N-dealkylation sites (tertiary alicyclic amines) is 1. The highest BCUT2D eigenvalue weighted by Crippen LogP contribution is 2.26. The summed E-state index contributed by atoms with van der Waals surface area (Å²) in [6.07, 6.45) is 11.1. The molecule has 0 atom stereocenters. The van der Waals surface area contributed by atoms with Gasteiger partial charge in [0.2, 0.25) is 0 Å². The summed E-state index contributed by atoms with van der Waals surface area (Å²) in [5.74, 6) is 1.46. The van der Waals surface area contributed by atoms with E-state index in [9.17, 15) is 4.79 Å². The molecule has 1 N–H and O–H groups in total. The second kappa shape index (κ2) is 9.18. The fourth-order valence-corrected chi connectivity index (χ4v) is 4.02. The minimum absolute atomic E-state index is 0.308. The molecule has 2 aliphatic rings. The lowest BCUT2D eigenvalue weighted by Crippen LogP contribution is -2.41. The molecule has 0 unspecified atom stereocenters. The van der Waals surface area contributed by atoms with E-state index in [-0.39, 0.29) is 5.97 Å². The van der Waals surface area contributed by atoms with Crippen molar-refractivity contribution in [3.63, 3.8) is 0 Å². The van der Waals surface area contributed by atoms with Gasteiger partial charge in [0.15, 0.2) is 0 Å². The molecule has 5 heteroatoms. The van der Waals surface area contributed by atoms with Crippen LogP contribution in [0, 0.1) is 5.92 Å². The quantitative estimate of drug-likeness (QED) is 0.797. The van der Waals surface area contributed by atoms with Crippen molar-refractivity contribution >= 4 is 11.8 Å². The van der Waals surface area contributed by atoms with Gasteiger partial charge in [-0.3, -0.25) is 0 Å². The van der Waals surface area contributed by atoms with Crippen molar-refractivity contribution in [3.05, 3.63) is 23.9 Å². The van der Waals surface area contributed by atoms with E-state index in [1.165, 1.54) is 51.7 Å².